The van der Waals surface area contributed by atoms with Crippen molar-refractivity contribution in [3.05, 3.63) is 28.2 Å². The molecule has 9 heteroatoms. The normalized spacial score (nSPS) is 14.9. The zero-order valence-corrected chi connectivity index (χ0v) is 12.1. The summed E-state index contributed by atoms with van der Waals surface area (Å²) >= 11 is 11.4. The summed E-state index contributed by atoms with van der Waals surface area (Å²) < 4.78 is 25.8. The van der Waals surface area contributed by atoms with Crippen molar-refractivity contribution in [2.75, 3.05) is 6.54 Å². The number of carboxylic acid groups (broad SMARTS) is 1. The van der Waals surface area contributed by atoms with E-state index in [1.54, 1.807) is 0 Å². The van der Waals surface area contributed by atoms with E-state index in [1.165, 1.54) is 18.2 Å². The summed E-state index contributed by atoms with van der Waals surface area (Å²) in [7, 11) is -4.04. The molecule has 0 fully saturated rings. The number of carboxylic acids is 1. The highest BCUT2D eigenvalue weighted by molar-refractivity contribution is 7.89. The number of sulfonamides is 1. The maximum absolute atomic E-state index is 11.9. The standard InChI is InChI=1S/C10H11Cl2NO5S/c1-10(16,9(14)15)5-13-19(17,18)8-3-2-6(11)4-7(8)12/h2-4,13,16H,5H2,1H3,(H,14,15). The largest absolute Gasteiger partial charge is 0.479 e. The lowest BCUT2D eigenvalue weighted by molar-refractivity contribution is -0.155. The zero-order valence-electron chi connectivity index (χ0n) is 9.72. The van der Waals surface area contributed by atoms with Gasteiger partial charge in [-0.25, -0.2) is 17.9 Å². The van der Waals surface area contributed by atoms with E-state index in [0.717, 1.165) is 6.92 Å². The summed E-state index contributed by atoms with van der Waals surface area (Å²) in [6, 6.07) is 3.76. The maximum atomic E-state index is 11.9. The SMILES string of the molecule is CC(O)(CNS(=O)(=O)c1ccc(Cl)cc1Cl)C(=O)O. The molecule has 1 atom stereocenters. The van der Waals surface area contributed by atoms with Crippen molar-refractivity contribution in [3.8, 4) is 0 Å². The Kier molecular flexibility index (Phi) is 4.81. The van der Waals surface area contributed by atoms with Gasteiger partial charge in [0.15, 0.2) is 5.60 Å². The van der Waals surface area contributed by atoms with Crippen LogP contribution in [0.2, 0.25) is 10.0 Å². The van der Waals surface area contributed by atoms with E-state index in [9.17, 15) is 18.3 Å². The molecule has 106 valence electrons. The summed E-state index contributed by atoms with van der Waals surface area (Å²) in [5.41, 5.74) is -2.22. The number of rotatable bonds is 5. The molecule has 0 aliphatic carbocycles. The number of halogens is 2. The third-order valence-corrected chi connectivity index (χ3v) is 4.37. The second-order valence-electron chi connectivity index (χ2n) is 3.98. The number of hydrogen-bond donors (Lipinski definition) is 3. The first kappa shape index (κ1) is 16.2. The van der Waals surface area contributed by atoms with E-state index in [1.807, 2.05) is 4.72 Å². The van der Waals surface area contributed by atoms with Gasteiger partial charge in [-0.3, -0.25) is 0 Å². The molecule has 1 rings (SSSR count). The van der Waals surface area contributed by atoms with Crippen LogP contribution < -0.4 is 4.72 Å². The smallest absolute Gasteiger partial charge is 0.336 e. The Morgan fingerprint density at radius 3 is 2.47 bits per heavy atom. The van der Waals surface area contributed by atoms with E-state index < -0.39 is 28.1 Å². The third-order valence-electron chi connectivity index (χ3n) is 2.25. The molecule has 0 bridgehead atoms. The molecule has 19 heavy (non-hydrogen) atoms. The first-order valence-electron chi connectivity index (χ1n) is 4.97. The number of aliphatic carboxylic acids is 1. The second-order valence-corrected chi connectivity index (χ2v) is 6.56. The average molecular weight is 328 g/mol. The molecule has 0 amide bonds. The highest BCUT2D eigenvalue weighted by atomic mass is 35.5. The summed E-state index contributed by atoms with van der Waals surface area (Å²) in [5.74, 6) is -1.54. The van der Waals surface area contributed by atoms with Gasteiger partial charge < -0.3 is 10.2 Å². The minimum absolute atomic E-state index is 0.102. The van der Waals surface area contributed by atoms with Crippen molar-refractivity contribution < 1.29 is 23.4 Å². The van der Waals surface area contributed by atoms with Crippen molar-refractivity contribution in [1.29, 1.82) is 0 Å². The molecule has 0 aliphatic rings. The molecule has 0 radical (unpaired) electrons. The molecule has 0 spiro atoms. The minimum Gasteiger partial charge on any atom is -0.479 e. The fraction of sp³-hybridized carbons (Fsp3) is 0.300. The number of carbonyl (C=O) groups is 1. The van der Waals surface area contributed by atoms with Crippen molar-refractivity contribution >= 4 is 39.2 Å². The number of benzene rings is 1. The van der Waals surface area contributed by atoms with Gasteiger partial charge in [-0.05, 0) is 25.1 Å². The van der Waals surface area contributed by atoms with Gasteiger partial charge in [-0.2, -0.15) is 0 Å². The molecule has 0 aliphatic heterocycles. The monoisotopic (exact) mass is 327 g/mol. The lowest BCUT2D eigenvalue weighted by Gasteiger charge is -2.18. The fourth-order valence-electron chi connectivity index (χ4n) is 1.08. The van der Waals surface area contributed by atoms with Crippen LogP contribution in [0.25, 0.3) is 0 Å². The predicted molar refractivity (Wildman–Crippen MR) is 69.9 cm³/mol. The Morgan fingerprint density at radius 1 is 1.42 bits per heavy atom. The van der Waals surface area contributed by atoms with Crippen molar-refractivity contribution in [3.63, 3.8) is 0 Å². The Balaban J connectivity index is 2.97. The molecule has 0 saturated heterocycles. The lowest BCUT2D eigenvalue weighted by atomic mass is 10.1. The molecule has 0 heterocycles. The van der Waals surface area contributed by atoms with Crippen molar-refractivity contribution in [2.24, 2.45) is 0 Å². The number of aliphatic hydroxyl groups is 1. The summed E-state index contributed by atoms with van der Waals surface area (Å²) in [6.45, 7) is 0.283. The Hall–Kier alpha value is -0.860. The average Bonchev–Trinajstić information content (AvgIpc) is 2.26. The number of nitrogens with one attached hydrogen (secondary N) is 1. The van der Waals surface area contributed by atoms with Crippen LogP contribution in [-0.4, -0.2) is 36.7 Å². The predicted octanol–water partition coefficient (Wildman–Crippen LogP) is 1.11. The maximum Gasteiger partial charge on any atom is 0.336 e. The zero-order chi connectivity index (χ0) is 14.8. The van der Waals surface area contributed by atoms with Gasteiger partial charge in [0.1, 0.15) is 4.90 Å². The van der Waals surface area contributed by atoms with E-state index in [2.05, 4.69) is 0 Å². The van der Waals surface area contributed by atoms with Gasteiger partial charge in [0, 0.05) is 5.02 Å². The molecule has 3 N–H and O–H groups in total. The molecule has 1 aromatic carbocycles. The molecular formula is C10H11Cl2NO5S. The minimum atomic E-state index is -4.04. The van der Waals surface area contributed by atoms with E-state index in [0.29, 0.717) is 0 Å². The molecular weight excluding hydrogens is 317 g/mol. The van der Waals surface area contributed by atoms with Crippen LogP contribution in [0.1, 0.15) is 6.92 Å². The van der Waals surface area contributed by atoms with Crippen LogP contribution in [0.15, 0.2) is 23.1 Å². The summed E-state index contributed by atoms with van der Waals surface area (Å²) in [4.78, 5) is 10.4. The summed E-state index contributed by atoms with van der Waals surface area (Å²) in [6.07, 6.45) is 0. The fourth-order valence-corrected chi connectivity index (χ4v) is 2.98. The quantitative estimate of drug-likeness (QED) is 0.751. The van der Waals surface area contributed by atoms with Crippen LogP contribution in [0.5, 0.6) is 0 Å². The Morgan fingerprint density at radius 2 is 2.00 bits per heavy atom. The second kappa shape index (κ2) is 5.64. The molecule has 0 aromatic heterocycles. The van der Waals surface area contributed by atoms with Gasteiger partial charge >= 0.3 is 5.97 Å². The Bertz CT molecular complexity index is 600. The molecule has 0 saturated carbocycles. The van der Waals surface area contributed by atoms with Gasteiger partial charge in [-0.15, -0.1) is 0 Å². The third kappa shape index (κ3) is 4.05. The topological polar surface area (TPSA) is 104 Å². The van der Waals surface area contributed by atoms with Gasteiger partial charge in [-0.1, -0.05) is 23.2 Å². The van der Waals surface area contributed by atoms with Crippen molar-refractivity contribution in [1.82, 2.24) is 4.72 Å². The van der Waals surface area contributed by atoms with E-state index >= 15 is 0 Å². The van der Waals surface area contributed by atoms with Gasteiger partial charge in [0.2, 0.25) is 10.0 Å². The van der Waals surface area contributed by atoms with Crippen LogP contribution >= 0.6 is 23.2 Å². The van der Waals surface area contributed by atoms with E-state index in [4.69, 9.17) is 28.3 Å². The van der Waals surface area contributed by atoms with Crippen LogP contribution in [0.4, 0.5) is 0 Å². The number of hydrogen-bond acceptors (Lipinski definition) is 4. The van der Waals surface area contributed by atoms with Crippen molar-refractivity contribution in [2.45, 2.75) is 17.4 Å². The molecule has 6 nitrogen and oxygen atoms in total. The first-order valence-corrected chi connectivity index (χ1v) is 7.21. The van der Waals surface area contributed by atoms with Gasteiger partial charge in [0.25, 0.3) is 0 Å². The summed E-state index contributed by atoms with van der Waals surface area (Å²) in [5, 5.41) is 18.3. The highest BCUT2D eigenvalue weighted by Crippen LogP contribution is 2.24. The van der Waals surface area contributed by atoms with E-state index in [-0.39, 0.29) is 14.9 Å². The molecule has 1 unspecified atom stereocenters. The first-order chi connectivity index (χ1) is 8.56. The highest BCUT2D eigenvalue weighted by Gasteiger charge is 2.32. The lowest BCUT2D eigenvalue weighted by Crippen LogP contribution is -2.46. The molecule has 1 aromatic rings. The Labute approximate surface area is 120 Å². The van der Waals surface area contributed by atoms with Crippen LogP contribution in [0.3, 0.4) is 0 Å². The van der Waals surface area contributed by atoms with Crippen LogP contribution in [0, 0.1) is 0 Å². The van der Waals surface area contributed by atoms with Gasteiger partial charge in [0.05, 0.1) is 11.6 Å². The van der Waals surface area contributed by atoms with Crippen LogP contribution in [-0.2, 0) is 14.8 Å².